The maximum Gasteiger partial charge on any atom is 0.347 e. The summed E-state index contributed by atoms with van der Waals surface area (Å²) in [4.78, 5) is 28.1. The Morgan fingerprint density at radius 2 is 2.30 bits per heavy atom. The average Bonchev–Trinajstić information content (AvgIpc) is 2.38. The number of non-ortho nitro benzene ring substituents is 1. The van der Waals surface area contributed by atoms with Crippen LogP contribution < -0.4 is 11.0 Å². The number of nitrogens with zero attached hydrogens (tertiary/aromatic N) is 2. The molecule has 3 N–H and O–H groups in total. The van der Waals surface area contributed by atoms with Gasteiger partial charge in [-0.05, 0) is 19.4 Å². The lowest BCUT2D eigenvalue weighted by Crippen LogP contribution is -2.21. The molecule has 8 nitrogen and oxygen atoms in total. The highest BCUT2D eigenvalue weighted by molar-refractivity contribution is 5.90. The molecular formula is C12H14N4O4. The molecule has 0 aliphatic heterocycles. The van der Waals surface area contributed by atoms with Gasteiger partial charge in [0.05, 0.1) is 10.4 Å². The van der Waals surface area contributed by atoms with E-state index in [2.05, 4.69) is 15.3 Å². The number of anilines is 1. The number of hydrogen-bond acceptors (Lipinski definition) is 6. The smallest absolute Gasteiger partial charge is 0.347 e. The minimum Gasteiger partial charge on any atom is -0.396 e. The number of nitrogens with one attached hydrogen (secondary N) is 2. The van der Waals surface area contributed by atoms with Crippen LogP contribution >= 0.6 is 0 Å². The van der Waals surface area contributed by atoms with Crippen LogP contribution in [0.15, 0.2) is 23.0 Å². The van der Waals surface area contributed by atoms with E-state index in [1.165, 1.54) is 18.2 Å². The monoisotopic (exact) mass is 278 g/mol. The van der Waals surface area contributed by atoms with Gasteiger partial charge in [-0.2, -0.15) is 4.98 Å². The maximum absolute atomic E-state index is 11.5. The predicted molar refractivity (Wildman–Crippen MR) is 73.8 cm³/mol. The molecule has 1 aromatic heterocycles. The van der Waals surface area contributed by atoms with Gasteiger partial charge in [0.25, 0.3) is 5.69 Å². The first-order chi connectivity index (χ1) is 9.51. The minimum absolute atomic E-state index is 0.00453. The number of aromatic nitrogens is 2. The van der Waals surface area contributed by atoms with Crippen LogP contribution in [-0.2, 0) is 0 Å². The number of aromatic amines is 1. The third-order valence-electron chi connectivity index (χ3n) is 2.87. The van der Waals surface area contributed by atoms with Gasteiger partial charge < -0.3 is 15.4 Å². The number of hydrogen-bond donors (Lipinski definition) is 3. The molecular weight excluding hydrogens is 264 g/mol. The lowest BCUT2D eigenvalue weighted by Gasteiger charge is -2.14. The quantitative estimate of drug-likeness (QED) is 0.554. The molecule has 1 unspecified atom stereocenters. The van der Waals surface area contributed by atoms with Crippen molar-refractivity contribution in [1.29, 1.82) is 0 Å². The predicted octanol–water partition coefficient (Wildman–Crippen LogP) is 1.01. The Morgan fingerprint density at radius 1 is 1.55 bits per heavy atom. The van der Waals surface area contributed by atoms with E-state index >= 15 is 0 Å². The third-order valence-corrected chi connectivity index (χ3v) is 2.87. The number of nitro benzene ring substituents is 1. The Bertz CT molecular complexity index is 697. The van der Waals surface area contributed by atoms with Crippen molar-refractivity contribution in [2.45, 2.75) is 19.4 Å². The summed E-state index contributed by atoms with van der Waals surface area (Å²) >= 11 is 0. The summed E-state index contributed by atoms with van der Waals surface area (Å²) in [6, 6.07) is 4.03. The van der Waals surface area contributed by atoms with Crippen LogP contribution in [0.25, 0.3) is 10.9 Å². The number of fused-ring (bicyclic) bond motifs is 1. The highest BCUT2D eigenvalue weighted by Crippen LogP contribution is 2.24. The van der Waals surface area contributed by atoms with E-state index in [4.69, 9.17) is 5.11 Å². The molecule has 0 radical (unpaired) electrons. The first kappa shape index (κ1) is 13.9. The van der Waals surface area contributed by atoms with Crippen molar-refractivity contribution >= 4 is 22.4 Å². The fraction of sp³-hybridized carbons (Fsp3) is 0.333. The highest BCUT2D eigenvalue weighted by Gasteiger charge is 2.12. The summed E-state index contributed by atoms with van der Waals surface area (Å²) in [5.74, 6) is 0.272. The van der Waals surface area contributed by atoms with Crippen LogP contribution in [0.2, 0.25) is 0 Å². The lowest BCUT2D eigenvalue weighted by atomic mass is 10.2. The van der Waals surface area contributed by atoms with Crippen molar-refractivity contribution in [2.24, 2.45) is 0 Å². The molecule has 2 aromatic rings. The molecule has 106 valence electrons. The van der Waals surface area contributed by atoms with Crippen molar-refractivity contribution < 1.29 is 10.0 Å². The molecule has 0 bridgehead atoms. The molecule has 0 amide bonds. The van der Waals surface area contributed by atoms with Crippen LogP contribution in [0.1, 0.15) is 13.3 Å². The standard InChI is InChI=1S/C12H14N4O4/c1-7(4-5-17)13-11-9-6-8(16(19)20)2-3-10(9)14-12(18)15-11/h2-3,6-7,17H,4-5H2,1H3,(H2,13,14,15,18). The molecule has 1 atom stereocenters. The highest BCUT2D eigenvalue weighted by atomic mass is 16.6. The Labute approximate surface area is 113 Å². The number of benzene rings is 1. The van der Waals surface area contributed by atoms with E-state index in [0.29, 0.717) is 17.3 Å². The van der Waals surface area contributed by atoms with E-state index < -0.39 is 10.6 Å². The molecule has 0 fully saturated rings. The van der Waals surface area contributed by atoms with Crippen molar-refractivity contribution in [3.63, 3.8) is 0 Å². The number of aliphatic hydroxyl groups excluding tert-OH is 1. The molecule has 20 heavy (non-hydrogen) atoms. The SMILES string of the molecule is CC(CCO)Nc1nc(=O)[nH]c2ccc([N+](=O)[O-])cc12. The van der Waals surface area contributed by atoms with E-state index in [-0.39, 0.29) is 24.2 Å². The molecule has 1 heterocycles. The van der Waals surface area contributed by atoms with Gasteiger partial charge in [-0.3, -0.25) is 10.1 Å². The van der Waals surface area contributed by atoms with Gasteiger partial charge in [0, 0.05) is 30.2 Å². The second-order valence-corrected chi connectivity index (χ2v) is 4.44. The zero-order valence-corrected chi connectivity index (χ0v) is 10.8. The van der Waals surface area contributed by atoms with E-state index in [0.717, 1.165) is 0 Å². The van der Waals surface area contributed by atoms with Gasteiger partial charge >= 0.3 is 5.69 Å². The first-order valence-electron chi connectivity index (χ1n) is 6.07. The average molecular weight is 278 g/mol. The molecule has 0 aliphatic carbocycles. The minimum atomic E-state index is -0.537. The molecule has 0 saturated heterocycles. The van der Waals surface area contributed by atoms with Gasteiger partial charge in [0.2, 0.25) is 0 Å². The summed E-state index contributed by atoms with van der Waals surface area (Å²) in [5.41, 5.74) is -0.149. The summed E-state index contributed by atoms with van der Waals surface area (Å²) in [5, 5.41) is 23.1. The summed E-state index contributed by atoms with van der Waals surface area (Å²) in [7, 11) is 0. The summed E-state index contributed by atoms with van der Waals surface area (Å²) in [6.07, 6.45) is 0.477. The first-order valence-corrected chi connectivity index (χ1v) is 6.07. The second-order valence-electron chi connectivity index (χ2n) is 4.44. The number of rotatable bonds is 5. The normalized spacial score (nSPS) is 12.3. The third kappa shape index (κ3) is 2.91. The van der Waals surface area contributed by atoms with E-state index in [9.17, 15) is 14.9 Å². The maximum atomic E-state index is 11.5. The Morgan fingerprint density at radius 3 is 2.95 bits per heavy atom. The fourth-order valence-corrected chi connectivity index (χ4v) is 1.86. The number of nitro groups is 1. The Kier molecular flexibility index (Phi) is 3.94. The largest absolute Gasteiger partial charge is 0.396 e. The topological polar surface area (TPSA) is 121 Å². The van der Waals surface area contributed by atoms with E-state index in [1.54, 1.807) is 0 Å². The molecule has 2 rings (SSSR count). The van der Waals surface area contributed by atoms with Crippen LogP contribution in [0, 0.1) is 10.1 Å². The Hall–Kier alpha value is -2.48. The summed E-state index contributed by atoms with van der Waals surface area (Å²) < 4.78 is 0. The molecule has 0 aliphatic rings. The fourth-order valence-electron chi connectivity index (χ4n) is 1.86. The Balaban J connectivity index is 2.53. The van der Waals surface area contributed by atoms with Gasteiger partial charge in [0.15, 0.2) is 0 Å². The zero-order chi connectivity index (χ0) is 14.7. The lowest BCUT2D eigenvalue weighted by molar-refractivity contribution is -0.384. The second kappa shape index (κ2) is 5.66. The van der Waals surface area contributed by atoms with Gasteiger partial charge in [0.1, 0.15) is 5.82 Å². The van der Waals surface area contributed by atoms with Crippen LogP contribution in [0.3, 0.4) is 0 Å². The molecule has 0 saturated carbocycles. The van der Waals surface area contributed by atoms with Crippen LogP contribution in [-0.4, -0.2) is 32.6 Å². The van der Waals surface area contributed by atoms with Crippen molar-refractivity contribution in [1.82, 2.24) is 9.97 Å². The van der Waals surface area contributed by atoms with Gasteiger partial charge in [-0.1, -0.05) is 0 Å². The van der Waals surface area contributed by atoms with Crippen LogP contribution in [0.5, 0.6) is 0 Å². The molecule has 0 spiro atoms. The molecule has 1 aromatic carbocycles. The van der Waals surface area contributed by atoms with Crippen LogP contribution in [0.4, 0.5) is 11.5 Å². The van der Waals surface area contributed by atoms with Gasteiger partial charge in [-0.25, -0.2) is 4.79 Å². The van der Waals surface area contributed by atoms with Crippen molar-refractivity contribution in [2.75, 3.05) is 11.9 Å². The molecule has 8 heteroatoms. The number of H-pyrrole nitrogens is 1. The van der Waals surface area contributed by atoms with E-state index in [1.807, 2.05) is 6.92 Å². The van der Waals surface area contributed by atoms with Crippen molar-refractivity contribution in [3.8, 4) is 0 Å². The number of aliphatic hydroxyl groups is 1. The summed E-state index contributed by atoms with van der Waals surface area (Å²) in [6.45, 7) is 1.82. The zero-order valence-electron chi connectivity index (χ0n) is 10.8. The van der Waals surface area contributed by atoms with Crippen molar-refractivity contribution in [3.05, 3.63) is 38.8 Å². The van der Waals surface area contributed by atoms with Gasteiger partial charge in [-0.15, -0.1) is 0 Å².